The van der Waals surface area contributed by atoms with Crippen molar-refractivity contribution >= 4 is 21.7 Å². The molecule has 0 aromatic carbocycles. The van der Waals surface area contributed by atoms with Gasteiger partial charge in [0.15, 0.2) is 0 Å². The predicted octanol–water partition coefficient (Wildman–Crippen LogP) is 3.01. The maximum atomic E-state index is 4.45. The number of hydrogen-bond acceptors (Lipinski definition) is 3. The first-order valence-electron chi connectivity index (χ1n) is 5.31. The lowest BCUT2D eigenvalue weighted by Crippen LogP contribution is -2.11. The Morgan fingerprint density at radius 2 is 2.20 bits per heavy atom. The number of anilines is 1. The molecule has 1 unspecified atom stereocenters. The molecule has 82 valence electrons. The van der Waals surface area contributed by atoms with Crippen molar-refractivity contribution in [3.05, 3.63) is 16.5 Å². The number of aryl methyl sites for hydroxylation is 1. The first-order valence-corrected chi connectivity index (χ1v) is 6.10. The van der Waals surface area contributed by atoms with Gasteiger partial charge in [-0.1, -0.05) is 20.8 Å². The Balaban J connectivity index is 2.11. The molecule has 15 heavy (non-hydrogen) atoms. The second-order valence-corrected chi connectivity index (χ2v) is 5.55. The van der Waals surface area contributed by atoms with Crippen molar-refractivity contribution in [1.29, 1.82) is 0 Å². The molecule has 0 aliphatic heterocycles. The molecule has 4 heteroatoms. The molecule has 1 atom stereocenters. The van der Waals surface area contributed by atoms with Gasteiger partial charge in [0.05, 0.1) is 0 Å². The first kappa shape index (κ1) is 10.9. The molecule has 1 N–H and O–H groups in total. The van der Waals surface area contributed by atoms with Crippen LogP contribution in [-0.2, 0) is 6.42 Å². The van der Waals surface area contributed by atoms with E-state index in [0.29, 0.717) is 11.5 Å². The molecular weight excluding hydrogens is 254 g/mol. The molecule has 0 bridgehead atoms. The highest BCUT2D eigenvalue weighted by Crippen LogP contribution is 2.46. The molecule has 1 saturated carbocycles. The van der Waals surface area contributed by atoms with Crippen LogP contribution in [0.25, 0.3) is 0 Å². The van der Waals surface area contributed by atoms with Crippen LogP contribution >= 0.6 is 15.9 Å². The second kappa shape index (κ2) is 3.74. The topological polar surface area (TPSA) is 37.8 Å². The summed E-state index contributed by atoms with van der Waals surface area (Å²) >= 11 is 3.40. The van der Waals surface area contributed by atoms with Crippen LogP contribution in [-0.4, -0.2) is 16.0 Å². The fourth-order valence-corrected chi connectivity index (χ4v) is 2.01. The Morgan fingerprint density at radius 1 is 1.53 bits per heavy atom. The quantitative estimate of drug-likeness (QED) is 0.858. The van der Waals surface area contributed by atoms with Gasteiger partial charge in [-0.3, -0.25) is 0 Å². The van der Waals surface area contributed by atoms with Gasteiger partial charge >= 0.3 is 0 Å². The number of aromatic nitrogens is 2. The van der Waals surface area contributed by atoms with E-state index in [1.165, 1.54) is 6.42 Å². The minimum atomic E-state index is 0.420. The van der Waals surface area contributed by atoms with Gasteiger partial charge in [0.1, 0.15) is 16.2 Å². The summed E-state index contributed by atoms with van der Waals surface area (Å²) in [5.74, 6) is 1.81. The van der Waals surface area contributed by atoms with E-state index in [4.69, 9.17) is 0 Å². The van der Waals surface area contributed by atoms with E-state index in [1.54, 1.807) is 0 Å². The van der Waals surface area contributed by atoms with E-state index in [1.807, 2.05) is 6.07 Å². The zero-order valence-electron chi connectivity index (χ0n) is 9.34. The molecule has 0 radical (unpaired) electrons. The van der Waals surface area contributed by atoms with Crippen molar-refractivity contribution in [2.45, 2.75) is 39.7 Å². The third-order valence-corrected chi connectivity index (χ3v) is 3.30. The van der Waals surface area contributed by atoms with Crippen molar-refractivity contribution in [1.82, 2.24) is 9.97 Å². The van der Waals surface area contributed by atoms with Gasteiger partial charge < -0.3 is 5.32 Å². The van der Waals surface area contributed by atoms with Crippen LogP contribution in [0.2, 0.25) is 0 Å². The summed E-state index contributed by atoms with van der Waals surface area (Å²) < 4.78 is 0.857. The van der Waals surface area contributed by atoms with E-state index in [2.05, 4.69) is 52.0 Å². The van der Waals surface area contributed by atoms with Crippen LogP contribution in [0.3, 0.4) is 0 Å². The van der Waals surface area contributed by atoms with Crippen molar-refractivity contribution in [2.75, 3.05) is 5.32 Å². The summed E-state index contributed by atoms with van der Waals surface area (Å²) in [7, 11) is 0. The highest BCUT2D eigenvalue weighted by molar-refractivity contribution is 9.10. The number of nitrogens with one attached hydrogen (secondary N) is 1. The molecule has 0 spiro atoms. The van der Waals surface area contributed by atoms with Crippen LogP contribution in [0.4, 0.5) is 5.82 Å². The lowest BCUT2D eigenvalue weighted by Gasteiger charge is -2.08. The zero-order chi connectivity index (χ0) is 11.1. The van der Waals surface area contributed by atoms with Gasteiger partial charge in [-0.05, 0) is 27.8 Å². The Hall–Kier alpha value is -0.640. The van der Waals surface area contributed by atoms with Crippen LogP contribution < -0.4 is 5.32 Å². The minimum absolute atomic E-state index is 0.420. The molecule has 2 rings (SSSR count). The molecule has 1 fully saturated rings. The second-order valence-electron chi connectivity index (χ2n) is 4.74. The zero-order valence-corrected chi connectivity index (χ0v) is 10.9. The average molecular weight is 270 g/mol. The largest absolute Gasteiger partial charge is 0.367 e. The maximum absolute atomic E-state index is 4.45. The van der Waals surface area contributed by atoms with Gasteiger partial charge in [0.2, 0.25) is 0 Å². The predicted molar refractivity (Wildman–Crippen MR) is 64.9 cm³/mol. The van der Waals surface area contributed by atoms with Crippen LogP contribution in [0.15, 0.2) is 10.7 Å². The summed E-state index contributed by atoms with van der Waals surface area (Å²) in [5, 5.41) is 3.44. The van der Waals surface area contributed by atoms with E-state index in [9.17, 15) is 0 Å². The lowest BCUT2D eigenvalue weighted by atomic mass is 10.2. The number of hydrogen-bond donors (Lipinski definition) is 1. The summed E-state index contributed by atoms with van der Waals surface area (Å²) in [6.45, 7) is 6.59. The Bertz CT molecular complexity index is 376. The summed E-state index contributed by atoms with van der Waals surface area (Å²) in [6, 6.07) is 2.50. The Labute approximate surface area is 98.8 Å². The Kier molecular flexibility index (Phi) is 2.71. The molecule has 0 saturated heterocycles. The maximum Gasteiger partial charge on any atom is 0.131 e. The van der Waals surface area contributed by atoms with Gasteiger partial charge in [-0.15, -0.1) is 0 Å². The fourth-order valence-electron chi connectivity index (χ4n) is 1.59. The summed E-state index contributed by atoms with van der Waals surface area (Å²) in [5.41, 5.74) is 0.420. The molecular formula is C11H16BrN3. The van der Waals surface area contributed by atoms with E-state index in [-0.39, 0.29) is 0 Å². The van der Waals surface area contributed by atoms with E-state index < -0.39 is 0 Å². The van der Waals surface area contributed by atoms with E-state index in [0.717, 1.165) is 22.7 Å². The van der Waals surface area contributed by atoms with Gasteiger partial charge in [-0.2, -0.15) is 0 Å². The molecule has 0 amide bonds. The fraction of sp³-hybridized carbons (Fsp3) is 0.636. The molecule has 1 aromatic heterocycles. The van der Waals surface area contributed by atoms with Crippen LogP contribution in [0, 0.1) is 5.41 Å². The highest BCUT2D eigenvalue weighted by Gasteiger charge is 2.45. The molecule has 1 heterocycles. The van der Waals surface area contributed by atoms with Crippen molar-refractivity contribution in [2.24, 2.45) is 5.41 Å². The van der Waals surface area contributed by atoms with Gasteiger partial charge in [-0.25, -0.2) is 9.97 Å². The van der Waals surface area contributed by atoms with Crippen molar-refractivity contribution in [3.63, 3.8) is 0 Å². The summed E-state index contributed by atoms with van der Waals surface area (Å²) in [4.78, 5) is 8.73. The van der Waals surface area contributed by atoms with Crippen molar-refractivity contribution in [3.8, 4) is 0 Å². The number of nitrogens with zero attached hydrogens (tertiary/aromatic N) is 2. The average Bonchev–Trinajstić information content (AvgIpc) is 2.72. The van der Waals surface area contributed by atoms with Gasteiger partial charge in [0.25, 0.3) is 0 Å². The minimum Gasteiger partial charge on any atom is -0.367 e. The molecule has 1 aromatic rings. The monoisotopic (exact) mass is 269 g/mol. The van der Waals surface area contributed by atoms with E-state index >= 15 is 0 Å². The van der Waals surface area contributed by atoms with Crippen LogP contribution in [0.1, 0.15) is 33.0 Å². The standard InChI is InChI=1S/C11H16BrN3/c1-4-9-14-8(12)5-10(15-9)13-7-6-11(7,2)3/h5,7H,4,6H2,1-3H3,(H,13,14,15). The lowest BCUT2D eigenvalue weighted by molar-refractivity contribution is 0.629. The SMILES string of the molecule is CCc1nc(Br)cc(NC2CC2(C)C)n1. The highest BCUT2D eigenvalue weighted by atomic mass is 79.9. The van der Waals surface area contributed by atoms with Gasteiger partial charge in [0, 0.05) is 18.5 Å². The third kappa shape index (κ3) is 2.48. The third-order valence-electron chi connectivity index (χ3n) is 2.89. The molecule has 1 aliphatic rings. The first-order chi connectivity index (χ1) is 7.01. The molecule has 1 aliphatic carbocycles. The number of halogens is 1. The summed E-state index contributed by atoms with van der Waals surface area (Å²) in [6.07, 6.45) is 2.08. The number of rotatable bonds is 3. The van der Waals surface area contributed by atoms with Crippen molar-refractivity contribution < 1.29 is 0 Å². The normalized spacial score (nSPS) is 22.5. The smallest absolute Gasteiger partial charge is 0.131 e. The molecule has 3 nitrogen and oxygen atoms in total. The Morgan fingerprint density at radius 3 is 2.73 bits per heavy atom. The van der Waals surface area contributed by atoms with Crippen LogP contribution in [0.5, 0.6) is 0 Å².